The van der Waals surface area contributed by atoms with Crippen LogP contribution in [0.15, 0.2) is 54.6 Å². The SMILES string of the molecule is COC(=O)c1cccc(NC(=O)CNC(C)(C)CCc2ccccc2)c1. The van der Waals surface area contributed by atoms with Crippen molar-refractivity contribution in [1.82, 2.24) is 5.32 Å². The van der Waals surface area contributed by atoms with Crippen molar-refractivity contribution in [1.29, 1.82) is 0 Å². The molecule has 0 aliphatic heterocycles. The number of benzene rings is 2. The highest BCUT2D eigenvalue weighted by atomic mass is 16.5. The van der Waals surface area contributed by atoms with E-state index in [4.69, 9.17) is 0 Å². The number of ether oxygens (including phenoxy) is 1. The molecule has 26 heavy (non-hydrogen) atoms. The van der Waals surface area contributed by atoms with E-state index in [-0.39, 0.29) is 18.0 Å². The minimum Gasteiger partial charge on any atom is -0.465 e. The zero-order valence-corrected chi connectivity index (χ0v) is 15.5. The first kappa shape index (κ1) is 19.7. The Morgan fingerprint density at radius 2 is 1.77 bits per heavy atom. The molecular formula is C21H26N2O3. The first-order valence-corrected chi connectivity index (χ1v) is 8.67. The number of esters is 1. The molecule has 1 amide bonds. The molecule has 0 aliphatic rings. The summed E-state index contributed by atoms with van der Waals surface area (Å²) in [4.78, 5) is 23.7. The van der Waals surface area contributed by atoms with Gasteiger partial charge in [-0.05, 0) is 50.5 Å². The molecule has 2 aromatic carbocycles. The van der Waals surface area contributed by atoms with Crippen LogP contribution < -0.4 is 10.6 Å². The van der Waals surface area contributed by atoms with Crippen LogP contribution in [-0.2, 0) is 16.0 Å². The highest BCUT2D eigenvalue weighted by Crippen LogP contribution is 2.14. The van der Waals surface area contributed by atoms with E-state index < -0.39 is 5.97 Å². The van der Waals surface area contributed by atoms with Gasteiger partial charge in [0.15, 0.2) is 0 Å². The van der Waals surface area contributed by atoms with Crippen LogP contribution >= 0.6 is 0 Å². The van der Waals surface area contributed by atoms with E-state index in [1.54, 1.807) is 24.3 Å². The smallest absolute Gasteiger partial charge is 0.337 e. The predicted octanol–water partition coefficient (Wildman–Crippen LogP) is 3.41. The van der Waals surface area contributed by atoms with Gasteiger partial charge >= 0.3 is 5.97 Å². The standard InChI is InChI=1S/C21H26N2O3/c1-21(2,13-12-16-8-5-4-6-9-16)22-15-19(24)23-18-11-7-10-17(14-18)20(25)26-3/h4-11,14,22H,12-13,15H2,1-3H3,(H,23,24). The van der Waals surface area contributed by atoms with E-state index in [9.17, 15) is 9.59 Å². The van der Waals surface area contributed by atoms with E-state index in [0.717, 1.165) is 12.8 Å². The number of rotatable bonds is 8. The van der Waals surface area contributed by atoms with Gasteiger partial charge in [-0.1, -0.05) is 36.4 Å². The van der Waals surface area contributed by atoms with E-state index in [0.29, 0.717) is 11.3 Å². The topological polar surface area (TPSA) is 67.4 Å². The number of carbonyl (C=O) groups is 2. The molecule has 138 valence electrons. The molecule has 0 heterocycles. The zero-order valence-electron chi connectivity index (χ0n) is 15.5. The van der Waals surface area contributed by atoms with Crippen LogP contribution in [-0.4, -0.2) is 31.1 Å². The first-order valence-electron chi connectivity index (χ1n) is 8.67. The lowest BCUT2D eigenvalue weighted by molar-refractivity contribution is -0.115. The van der Waals surface area contributed by atoms with Crippen LogP contribution in [0.2, 0.25) is 0 Å². The van der Waals surface area contributed by atoms with Crippen molar-refractivity contribution in [3.8, 4) is 0 Å². The summed E-state index contributed by atoms with van der Waals surface area (Å²) < 4.78 is 4.69. The number of carbonyl (C=O) groups excluding carboxylic acids is 2. The average Bonchev–Trinajstić information content (AvgIpc) is 2.65. The lowest BCUT2D eigenvalue weighted by Gasteiger charge is -2.26. The van der Waals surface area contributed by atoms with Gasteiger partial charge in [0.05, 0.1) is 19.2 Å². The molecule has 2 rings (SSSR count). The summed E-state index contributed by atoms with van der Waals surface area (Å²) in [7, 11) is 1.33. The maximum Gasteiger partial charge on any atom is 0.337 e. The Kier molecular flexibility index (Phi) is 6.92. The number of aryl methyl sites for hydroxylation is 1. The molecule has 0 saturated heterocycles. The van der Waals surface area contributed by atoms with Crippen molar-refractivity contribution in [2.45, 2.75) is 32.2 Å². The Morgan fingerprint density at radius 3 is 2.46 bits per heavy atom. The molecule has 0 saturated carbocycles. The van der Waals surface area contributed by atoms with Gasteiger partial charge in [-0.3, -0.25) is 4.79 Å². The third kappa shape index (κ3) is 6.33. The Hall–Kier alpha value is -2.66. The second-order valence-corrected chi connectivity index (χ2v) is 6.84. The molecule has 0 atom stereocenters. The highest BCUT2D eigenvalue weighted by molar-refractivity contribution is 5.95. The first-order chi connectivity index (χ1) is 12.4. The van der Waals surface area contributed by atoms with Crippen molar-refractivity contribution in [2.75, 3.05) is 19.0 Å². The maximum absolute atomic E-state index is 12.2. The second kappa shape index (κ2) is 9.15. The summed E-state index contributed by atoms with van der Waals surface area (Å²) in [6, 6.07) is 17.0. The van der Waals surface area contributed by atoms with Gasteiger partial charge < -0.3 is 15.4 Å². The molecular weight excluding hydrogens is 328 g/mol. The van der Waals surface area contributed by atoms with Crippen molar-refractivity contribution < 1.29 is 14.3 Å². The number of anilines is 1. The van der Waals surface area contributed by atoms with Crippen LogP contribution in [0.1, 0.15) is 36.2 Å². The number of nitrogens with one attached hydrogen (secondary N) is 2. The normalized spacial score (nSPS) is 11.0. The van der Waals surface area contributed by atoms with E-state index in [1.807, 2.05) is 18.2 Å². The number of methoxy groups -OCH3 is 1. The van der Waals surface area contributed by atoms with E-state index in [1.165, 1.54) is 12.7 Å². The molecule has 0 spiro atoms. The van der Waals surface area contributed by atoms with Gasteiger partial charge in [0.1, 0.15) is 0 Å². The molecule has 0 aliphatic carbocycles. The fourth-order valence-corrected chi connectivity index (χ4v) is 2.56. The Bertz CT molecular complexity index is 742. The summed E-state index contributed by atoms with van der Waals surface area (Å²) in [5, 5.41) is 6.09. The molecule has 0 unspecified atom stereocenters. The van der Waals surface area contributed by atoms with Gasteiger partial charge in [-0.15, -0.1) is 0 Å². The second-order valence-electron chi connectivity index (χ2n) is 6.84. The molecule has 0 aromatic heterocycles. The van der Waals surface area contributed by atoms with Crippen LogP contribution in [0.25, 0.3) is 0 Å². The summed E-state index contributed by atoms with van der Waals surface area (Å²) in [5.74, 6) is -0.582. The minimum atomic E-state index is -0.429. The Labute approximate surface area is 154 Å². The number of amides is 1. The lowest BCUT2D eigenvalue weighted by atomic mass is 9.95. The zero-order chi connectivity index (χ0) is 19.0. The summed E-state index contributed by atoms with van der Waals surface area (Å²) >= 11 is 0. The van der Waals surface area contributed by atoms with Gasteiger partial charge in [0.25, 0.3) is 0 Å². The molecule has 0 bridgehead atoms. The fourth-order valence-electron chi connectivity index (χ4n) is 2.56. The van der Waals surface area contributed by atoms with Crippen LogP contribution in [0.3, 0.4) is 0 Å². The van der Waals surface area contributed by atoms with Gasteiger partial charge in [0, 0.05) is 11.2 Å². The lowest BCUT2D eigenvalue weighted by Crippen LogP contribution is -2.44. The average molecular weight is 354 g/mol. The van der Waals surface area contributed by atoms with Crippen LogP contribution in [0, 0.1) is 0 Å². The van der Waals surface area contributed by atoms with Crippen LogP contribution in [0.5, 0.6) is 0 Å². The summed E-state index contributed by atoms with van der Waals surface area (Å²) in [6.45, 7) is 4.37. The number of hydrogen-bond acceptors (Lipinski definition) is 4. The Morgan fingerprint density at radius 1 is 1.04 bits per heavy atom. The minimum absolute atomic E-state index is 0.153. The molecule has 5 heteroatoms. The van der Waals surface area contributed by atoms with Gasteiger partial charge in [0.2, 0.25) is 5.91 Å². The molecule has 2 N–H and O–H groups in total. The molecule has 5 nitrogen and oxygen atoms in total. The van der Waals surface area contributed by atoms with Gasteiger partial charge in [-0.25, -0.2) is 4.79 Å². The molecule has 0 fully saturated rings. The maximum atomic E-state index is 12.2. The van der Waals surface area contributed by atoms with Crippen molar-refractivity contribution >= 4 is 17.6 Å². The molecule has 0 radical (unpaired) electrons. The van der Waals surface area contributed by atoms with Crippen LogP contribution in [0.4, 0.5) is 5.69 Å². The third-order valence-corrected chi connectivity index (χ3v) is 4.18. The largest absolute Gasteiger partial charge is 0.465 e. The summed E-state index contributed by atoms with van der Waals surface area (Å²) in [6.07, 6.45) is 1.87. The van der Waals surface area contributed by atoms with E-state index in [2.05, 4.69) is 41.4 Å². The van der Waals surface area contributed by atoms with E-state index >= 15 is 0 Å². The van der Waals surface area contributed by atoms with Gasteiger partial charge in [-0.2, -0.15) is 0 Å². The third-order valence-electron chi connectivity index (χ3n) is 4.18. The fraction of sp³-hybridized carbons (Fsp3) is 0.333. The quantitative estimate of drug-likeness (QED) is 0.713. The molecule has 2 aromatic rings. The summed E-state index contributed by atoms with van der Waals surface area (Å²) in [5.41, 5.74) is 2.09. The Balaban J connectivity index is 1.83. The number of hydrogen-bond donors (Lipinski definition) is 2. The van der Waals surface area contributed by atoms with Crippen molar-refractivity contribution in [2.24, 2.45) is 0 Å². The predicted molar refractivity (Wildman–Crippen MR) is 103 cm³/mol. The van der Waals surface area contributed by atoms with Crippen molar-refractivity contribution in [3.05, 3.63) is 65.7 Å². The monoisotopic (exact) mass is 354 g/mol. The van der Waals surface area contributed by atoms with Crippen molar-refractivity contribution in [3.63, 3.8) is 0 Å². The highest BCUT2D eigenvalue weighted by Gasteiger charge is 2.18.